The van der Waals surface area contributed by atoms with Crippen LogP contribution in [0.2, 0.25) is 0 Å². The molecule has 2 fully saturated rings. The Morgan fingerprint density at radius 2 is 1.92 bits per heavy atom. The van der Waals surface area contributed by atoms with Gasteiger partial charge >= 0.3 is 0 Å². The summed E-state index contributed by atoms with van der Waals surface area (Å²) < 4.78 is 27.4. The van der Waals surface area contributed by atoms with Gasteiger partial charge in [-0.05, 0) is 25.3 Å². The van der Waals surface area contributed by atoms with E-state index in [9.17, 15) is 18.4 Å². The molecule has 2 aliphatic heterocycles. The lowest BCUT2D eigenvalue weighted by molar-refractivity contribution is -0.147. The monoisotopic (exact) mass is 364 g/mol. The number of piperidine rings is 1. The highest BCUT2D eigenvalue weighted by Crippen LogP contribution is 2.41. The average molecular weight is 364 g/mol. The maximum atomic E-state index is 14.0. The van der Waals surface area contributed by atoms with Gasteiger partial charge in [0.15, 0.2) is 11.6 Å². The summed E-state index contributed by atoms with van der Waals surface area (Å²) in [5.74, 6) is -1.78. The van der Waals surface area contributed by atoms with Crippen molar-refractivity contribution in [2.24, 2.45) is 10.8 Å². The van der Waals surface area contributed by atoms with Gasteiger partial charge in [-0.2, -0.15) is 0 Å². The molecule has 26 heavy (non-hydrogen) atoms. The number of rotatable bonds is 2. The minimum atomic E-state index is -0.899. The Bertz CT molecular complexity index is 729. The van der Waals surface area contributed by atoms with Crippen LogP contribution in [0.1, 0.15) is 45.6 Å². The molecule has 1 spiro atoms. The summed E-state index contributed by atoms with van der Waals surface area (Å²) in [7, 11) is 0. The summed E-state index contributed by atoms with van der Waals surface area (Å²) in [4.78, 5) is 29.1. The van der Waals surface area contributed by atoms with Crippen molar-refractivity contribution in [1.82, 2.24) is 9.80 Å². The van der Waals surface area contributed by atoms with E-state index in [1.165, 1.54) is 12.1 Å². The minimum absolute atomic E-state index is 0.0448. The van der Waals surface area contributed by atoms with Gasteiger partial charge in [0, 0.05) is 37.2 Å². The van der Waals surface area contributed by atoms with Crippen molar-refractivity contribution in [3.8, 4) is 0 Å². The van der Waals surface area contributed by atoms with Gasteiger partial charge < -0.3 is 9.80 Å². The van der Waals surface area contributed by atoms with Gasteiger partial charge in [0.25, 0.3) is 0 Å². The quantitative estimate of drug-likeness (QED) is 0.807. The molecule has 0 saturated carbocycles. The molecular formula is C20H26F2N2O2. The molecule has 4 nitrogen and oxygen atoms in total. The normalized spacial score (nSPS) is 23.8. The highest BCUT2D eigenvalue weighted by Gasteiger charge is 2.50. The van der Waals surface area contributed by atoms with Crippen LogP contribution in [0.4, 0.5) is 8.78 Å². The Hall–Kier alpha value is -1.98. The third kappa shape index (κ3) is 3.33. The van der Waals surface area contributed by atoms with Crippen LogP contribution >= 0.6 is 0 Å². The van der Waals surface area contributed by atoms with E-state index in [4.69, 9.17) is 0 Å². The fourth-order valence-corrected chi connectivity index (χ4v) is 4.08. The maximum Gasteiger partial charge on any atom is 0.230 e. The van der Waals surface area contributed by atoms with Gasteiger partial charge in [-0.1, -0.05) is 32.9 Å². The molecule has 0 aliphatic carbocycles. The van der Waals surface area contributed by atoms with Crippen molar-refractivity contribution in [2.45, 2.75) is 46.6 Å². The topological polar surface area (TPSA) is 40.6 Å². The van der Waals surface area contributed by atoms with E-state index >= 15 is 0 Å². The fourth-order valence-electron chi connectivity index (χ4n) is 4.08. The number of hydrogen-bond acceptors (Lipinski definition) is 2. The zero-order valence-corrected chi connectivity index (χ0v) is 15.6. The molecule has 0 radical (unpaired) electrons. The second-order valence-corrected chi connectivity index (χ2v) is 8.55. The SMILES string of the molecule is CC(C)(C)C(=O)N1CC[C@@]2(CCCN(Cc3cccc(F)c3F)C2=O)C1. The van der Waals surface area contributed by atoms with Crippen LogP contribution in [0.25, 0.3) is 0 Å². The van der Waals surface area contributed by atoms with Gasteiger partial charge in [0.2, 0.25) is 11.8 Å². The summed E-state index contributed by atoms with van der Waals surface area (Å²) in [6, 6.07) is 4.04. The summed E-state index contributed by atoms with van der Waals surface area (Å²) in [5.41, 5.74) is -0.868. The number of nitrogens with zero attached hydrogens (tertiary/aromatic N) is 2. The Morgan fingerprint density at radius 3 is 2.62 bits per heavy atom. The van der Waals surface area contributed by atoms with E-state index in [1.807, 2.05) is 20.8 Å². The van der Waals surface area contributed by atoms with Crippen LogP contribution in [-0.4, -0.2) is 41.2 Å². The van der Waals surface area contributed by atoms with Crippen LogP contribution in [0.15, 0.2) is 18.2 Å². The number of likely N-dealkylation sites (tertiary alicyclic amines) is 2. The first-order valence-corrected chi connectivity index (χ1v) is 9.16. The van der Waals surface area contributed by atoms with Crippen LogP contribution in [0.5, 0.6) is 0 Å². The molecule has 3 rings (SSSR count). The Balaban J connectivity index is 1.76. The first-order chi connectivity index (χ1) is 12.1. The number of carbonyl (C=O) groups excluding carboxylic acids is 2. The molecular weight excluding hydrogens is 338 g/mol. The lowest BCUT2D eigenvalue weighted by Gasteiger charge is -2.39. The molecule has 0 bridgehead atoms. The van der Waals surface area contributed by atoms with Crippen molar-refractivity contribution in [2.75, 3.05) is 19.6 Å². The minimum Gasteiger partial charge on any atom is -0.341 e. The molecule has 0 aromatic heterocycles. The van der Waals surface area contributed by atoms with Crippen molar-refractivity contribution in [3.63, 3.8) is 0 Å². The van der Waals surface area contributed by atoms with E-state index in [0.717, 1.165) is 18.9 Å². The maximum absolute atomic E-state index is 14.0. The van der Waals surface area contributed by atoms with E-state index in [0.29, 0.717) is 26.1 Å². The summed E-state index contributed by atoms with van der Waals surface area (Å²) in [6.45, 7) is 7.22. The molecule has 1 aromatic carbocycles. The van der Waals surface area contributed by atoms with Gasteiger partial charge in [-0.25, -0.2) is 8.78 Å². The number of amides is 2. The van der Waals surface area contributed by atoms with E-state index in [1.54, 1.807) is 9.80 Å². The molecule has 142 valence electrons. The molecule has 6 heteroatoms. The third-order valence-electron chi connectivity index (χ3n) is 5.50. The highest BCUT2D eigenvalue weighted by molar-refractivity contribution is 5.87. The Kier molecular flexibility index (Phi) is 4.80. The predicted octanol–water partition coefficient (Wildman–Crippen LogP) is 3.35. The van der Waals surface area contributed by atoms with Crippen LogP contribution in [0, 0.1) is 22.5 Å². The number of benzene rings is 1. The molecule has 0 N–H and O–H groups in total. The van der Waals surface area contributed by atoms with E-state index in [-0.39, 0.29) is 23.9 Å². The van der Waals surface area contributed by atoms with Gasteiger partial charge in [0.1, 0.15) is 0 Å². The first-order valence-electron chi connectivity index (χ1n) is 9.16. The molecule has 2 heterocycles. The van der Waals surface area contributed by atoms with Crippen molar-refractivity contribution in [1.29, 1.82) is 0 Å². The number of carbonyl (C=O) groups is 2. The molecule has 0 unspecified atom stereocenters. The van der Waals surface area contributed by atoms with Gasteiger partial charge in [0.05, 0.1) is 5.41 Å². The summed E-state index contributed by atoms with van der Waals surface area (Å²) in [5, 5.41) is 0. The lowest BCUT2D eigenvalue weighted by Crippen LogP contribution is -2.50. The highest BCUT2D eigenvalue weighted by atomic mass is 19.2. The zero-order valence-electron chi connectivity index (χ0n) is 15.6. The first kappa shape index (κ1) is 18.8. The number of halogens is 2. The molecule has 2 amide bonds. The second kappa shape index (κ2) is 6.63. The fraction of sp³-hybridized carbons (Fsp3) is 0.600. The van der Waals surface area contributed by atoms with Crippen LogP contribution in [0.3, 0.4) is 0 Å². The van der Waals surface area contributed by atoms with Crippen molar-refractivity contribution in [3.05, 3.63) is 35.4 Å². The van der Waals surface area contributed by atoms with E-state index < -0.39 is 22.5 Å². The molecule has 1 aromatic rings. The molecule has 1 atom stereocenters. The average Bonchev–Trinajstić information content (AvgIpc) is 2.99. The van der Waals surface area contributed by atoms with Gasteiger partial charge in [-0.3, -0.25) is 9.59 Å². The van der Waals surface area contributed by atoms with Crippen LogP contribution in [-0.2, 0) is 16.1 Å². The lowest BCUT2D eigenvalue weighted by atomic mass is 9.78. The zero-order chi connectivity index (χ0) is 19.1. The molecule has 2 saturated heterocycles. The summed E-state index contributed by atoms with van der Waals surface area (Å²) >= 11 is 0. The van der Waals surface area contributed by atoms with Crippen molar-refractivity contribution >= 4 is 11.8 Å². The third-order valence-corrected chi connectivity index (χ3v) is 5.50. The van der Waals surface area contributed by atoms with E-state index in [2.05, 4.69) is 0 Å². The molecule has 2 aliphatic rings. The number of hydrogen-bond donors (Lipinski definition) is 0. The van der Waals surface area contributed by atoms with Gasteiger partial charge in [-0.15, -0.1) is 0 Å². The second-order valence-electron chi connectivity index (χ2n) is 8.55. The smallest absolute Gasteiger partial charge is 0.230 e. The largest absolute Gasteiger partial charge is 0.341 e. The summed E-state index contributed by atoms with van der Waals surface area (Å²) in [6.07, 6.45) is 2.18. The van der Waals surface area contributed by atoms with Crippen LogP contribution < -0.4 is 0 Å². The standard InChI is InChI=1S/C20H26F2N2O2/c1-19(2,3)17(25)24-11-9-20(13-24)8-5-10-23(18(20)26)12-14-6-4-7-15(21)16(14)22/h4,6-7H,5,8-13H2,1-3H3/t20-/m0/s1. The Labute approximate surface area is 153 Å². The predicted molar refractivity (Wildman–Crippen MR) is 94.1 cm³/mol. The van der Waals surface area contributed by atoms with Crippen molar-refractivity contribution < 1.29 is 18.4 Å². The Morgan fingerprint density at radius 1 is 1.19 bits per heavy atom.